The van der Waals surface area contributed by atoms with Crippen molar-refractivity contribution in [2.45, 2.75) is 20.0 Å². The molecule has 0 saturated carbocycles. The van der Waals surface area contributed by atoms with Crippen molar-refractivity contribution in [2.75, 3.05) is 13.7 Å². The molecule has 3 aromatic rings. The van der Waals surface area contributed by atoms with Gasteiger partial charge in [-0.2, -0.15) is 0 Å². The number of thiophene rings is 1. The van der Waals surface area contributed by atoms with Crippen LogP contribution in [0.2, 0.25) is 13.1 Å². The first kappa shape index (κ1) is 22.7. The minimum Gasteiger partial charge on any atom is -0.497 e. The summed E-state index contributed by atoms with van der Waals surface area (Å²) in [5.74, 6) is 0.314. The van der Waals surface area contributed by atoms with Gasteiger partial charge in [-0.15, -0.1) is 11.3 Å². The third kappa shape index (κ3) is 5.60. The predicted molar refractivity (Wildman–Crippen MR) is 133 cm³/mol. The van der Waals surface area contributed by atoms with Crippen LogP contribution >= 0.6 is 11.3 Å². The van der Waals surface area contributed by atoms with Gasteiger partial charge >= 0.3 is 5.97 Å². The lowest BCUT2D eigenvalue weighted by Gasteiger charge is -2.26. The van der Waals surface area contributed by atoms with E-state index < -0.39 is 14.0 Å². The smallest absolute Gasteiger partial charge is 0.356 e. The summed E-state index contributed by atoms with van der Waals surface area (Å²) >= 11 is 1.67. The largest absolute Gasteiger partial charge is 0.497 e. The number of carbonyl (C=O) groups is 1. The summed E-state index contributed by atoms with van der Waals surface area (Å²) in [6.07, 6.45) is 1.92. The zero-order chi connectivity index (χ0) is 22.3. The summed E-state index contributed by atoms with van der Waals surface area (Å²) in [5.41, 5.74) is 0.969. The molecule has 0 aliphatic rings. The summed E-state index contributed by atoms with van der Waals surface area (Å²) in [4.78, 5) is 18.6. The highest BCUT2D eigenvalue weighted by Crippen LogP contribution is 2.30. The molecule has 3 rings (SSSR count). The number of benzene rings is 2. The Labute approximate surface area is 188 Å². The van der Waals surface area contributed by atoms with Crippen LogP contribution in [0.15, 0.2) is 83.2 Å². The van der Waals surface area contributed by atoms with Gasteiger partial charge in [-0.1, -0.05) is 54.7 Å². The first-order valence-corrected chi connectivity index (χ1v) is 14.0. The van der Waals surface area contributed by atoms with Crippen LogP contribution in [0.25, 0.3) is 5.20 Å². The van der Waals surface area contributed by atoms with E-state index in [4.69, 9.17) is 9.47 Å². The van der Waals surface area contributed by atoms with E-state index in [1.807, 2.05) is 42.5 Å². The van der Waals surface area contributed by atoms with Gasteiger partial charge in [-0.25, -0.2) is 9.79 Å². The second-order valence-corrected chi connectivity index (χ2v) is 12.8. The van der Waals surface area contributed by atoms with Gasteiger partial charge in [0.25, 0.3) is 0 Å². The van der Waals surface area contributed by atoms with Crippen LogP contribution < -0.4 is 9.92 Å². The molecule has 0 aliphatic carbocycles. The third-order valence-electron chi connectivity index (χ3n) is 5.04. The van der Waals surface area contributed by atoms with Gasteiger partial charge < -0.3 is 9.47 Å². The van der Waals surface area contributed by atoms with Gasteiger partial charge in [-0.3, -0.25) is 0 Å². The summed E-state index contributed by atoms with van der Waals surface area (Å²) in [6.45, 7) is 6.69. The van der Waals surface area contributed by atoms with Crippen LogP contribution in [0.4, 0.5) is 5.69 Å². The Morgan fingerprint density at radius 3 is 2.32 bits per heavy atom. The number of esters is 1. The normalized spacial score (nSPS) is 12.5. The van der Waals surface area contributed by atoms with Crippen LogP contribution in [0.5, 0.6) is 5.75 Å². The lowest BCUT2D eigenvalue weighted by atomic mass is 10.2. The average Bonchev–Trinajstić information content (AvgIpc) is 3.32. The molecule has 31 heavy (non-hydrogen) atoms. The summed E-state index contributed by atoms with van der Waals surface area (Å²) in [6, 6.07) is 21.9. The second kappa shape index (κ2) is 10.4. The maximum atomic E-state index is 12.8. The van der Waals surface area contributed by atoms with E-state index in [2.05, 4.69) is 53.8 Å². The molecule has 160 valence electrons. The molecule has 0 saturated heterocycles. The summed E-state index contributed by atoms with van der Waals surface area (Å²) in [7, 11) is -0.494. The third-order valence-corrected chi connectivity index (χ3v) is 9.66. The molecular formula is C25H27NO3SSi. The van der Waals surface area contributed by atoms with Crippen molar-refractivity contribution in [3.63, 3.8) is 0 Å². The Morgan fingerprint density at radius 2 is 1.74 bits per heavy atom. The van der Waals surface area contributed by atoms with Gasteiger partial charge in [0.1, 0.15) is 19.5 Å². The quantitative estimate of drug-likeness (QED) is 0.254. The molecule has 1 aromatic heterocycles. The van der Waals surface area contributed by atoms with Crippen molar-refractivity contribution in [3.05, 3.63) is 83.1 Å². The van der Waals surface area contributed by atoms with Crippen molar-refractivity contribution in [3.8, 4) is 5.75 Å². The molecule has 0 radical (unpaired) electrons. The predicted octanol–water partition coefficient (Wildman–Crippen LogP) is 5.63. The fourth-order valence-corrected chi connectivity index (χ4v) is 7.40. The Morgan fingerprint density at radius 1 is 1.03 bits per heavy atom. The highest BCUT2D eigenvalue weighted by molar-refractivity contribution is 7.16. The number of methoxy groups -OCH3 is 1. The van der Waals surface area contributed by atoms with Crippen LogP contribution in [0, 0.1) is 0 Å². The fourth-order valence-electron chi connectivity index (χ4n) is 3.28. The number of hydrogen-bond donors (Lipinski definition) is 0. The van der Waals surface area contributed by atoms with E-state index in [0.29, 0.717) is 18.0 Å². The maximum absolute atomic E-state index is 12.8. The van der Waals surface area contributed by atoms with E-state index in [9.17, 15) is 4.79 Å². The zero-order valence-electron chi connectivity index (χ0n) is 18.3. The first-order chi connectivity index (χ1) is 15.0. The molecule has 4 nitrogen and oxygen atoms in total. The number of hydrogen-bond acceptors (Lipinski definition) is 5. The van der Waals surface area contributed by atoms with E-state index in [1.165, 1.54) is 5.19 Å². The highest BCUT2D eigenvalue weighted by atomic mass is 32.1. The molecule has 0 amide bonds. The van der Waals surface area contributed by atoms with Crippen LogP contribution in [-0.4, -0.2) is 33.5 Å². The average molecular weight is 450 g/mol. The maximum Gasteiger partial charge on any atom is 0.356 e. The molecule has 6 heteroatoms. The molecule has 0 bridgehead atoms. The molecule has 0 spiro atoms. The monoisotopic (exact) mass is 449 g/mol. The Balaban J connectivity index is 2.14. The van der Waals surface area contributed by atoms with Crippen molar-refractivity contribution in [1.82, 2.24) is 0 Å². The van der Waals surface area contributed by atoms with Gasteiger partial charge in [0, 0.05) is 4.88 Å². The number of carbonyl (C=O) groups excluding carboxylic acids is 1. The molecule has 0 aliphatic heterocycles. The number of ether oxygens (including phenoxy) is 2. The lowest BCUT2D eigenvalue weighted by Crippen LogP contribution is -2.43. The first-order valence-electron chi connectivity index (χ1n) is 10.2. The zero-order valence-corrected chi connectivity index (χ0v) is 20.1. The lowest BCUT2D eigenvalue weighted by molar-refractivity contribution is -0.134. The SMILES string of the molecule is CCOC(=O)C(/C=C(\c1cccs1)[Si](C)(C)c1ccccc1)=Nc1ccc(OC)cc1. The minimum atomic E-state index is -2.11. The second-order valence-electron chi connectivity index (χ2n) is 7.44. The number of aliphatic imine (C=N–C) groups is 1. The van der Waals surface area contributed by atoms with Gasteiger partial charge in [0.2, 0.25) is 0 Å². The van der Waals surface area contributed by atoms with Crippen molar-refractivity contribution in [2.24, 2.45) is 4.99 Å². The highest BCUT2D eigenvalue weighted by Gasteiger charge is 2.31. The number of rotatable bonds is 8. The van der Waals surface area contributed by atoms with Crippen LogP contribution in [-0.2, 0) is 9.53 Å². The summed E-state index contributed by atoms with van der Waals surface area (Å²) < 4.78 is 10.6. The van der Waals surface area contributed by atoms with Crippen LogP contribution in [0.3, 0.4) is 0 Å². The van der Waals surface area contributed by atoms with Gasteiger partial charge in [-0.05, 0) is 53.9 Å². The van der Waals surface area contributed by atoms with Gasteiger partial charge in [0.05, 0.1) is 19.4 Å². The standard InChI is InChI=1S/C25H27NO3SSi/c1-5-29-25(27)22(26-19-13-15-20(28-2)16-14-19)18-24(23-12-9-17-30-23)31(3,4)21-10-7-6-8-11-21/h6-18H,5H2,1-4H3/b24-18+,26-22?. The molecule has 1 heterocycles. The fraction of sp³-hybridized carbons (Fsp3) is 0.200. The minimum absolute atomic E-state index is 0.294. The van der Waals surface area contributed by atoms with Crippen molar-refractivity contribution in [1.29, 1.82) is 0 Å². The van der Waals surface area contributed by atoms with E-state index in [0.717, 1.165) is 15.8 Å². The topological polar surface area (TPSA) is 47.9 Å². The van der Waals surface area contributed by atoms with Gasteiger partial charge in [0.15, 0.2) is 0 Å². The molecular weight excluding hydrogens is 422 g/mol. The summed E-state index contributed by atoms with van der Waals surface area (Å²) in [5, 5.41) is 4.50. The number of nitrogens with zero attached hydrogens (tertiary/aromatic N) is 1. The van der Waals surface area contributed by atoms with Crippen molar-refractivity contribution < 1.29 is 14.3 Å². The molecule has 2 aromatic carbocycles. The molecule has 0 atom stereocenters. The van der Waals surface area contributed by atoms with E-state index >= 15 is 0 Å². The van der Waals surface area contributed by atoms with E-state index in [-0.39, 0.29) is 0 Å². The Kier molecular flexibility index (Phi) is 7.60. The van der Waals surface area contributed by atoms with E-state index in [1.54, 1.807) is 25.4 Å². The Hall–Kier alpha value is -2.96. The molecule has 0 fully saturated rings. The molecule has 0 N–H and O–H groups in total. The Bertz CT molecular complexity index is 1060. The van der Waals surface area contributed by atoms with Crippen molar-refractivity contribution >= 4 is 47.2 Å². The van der Waals surface area contributed by atoms with Crippen LogP contribution in [0.1, 0.15) is 11.8 Å². The molecule has 0 unspecified atom stereocenters.